The third-order valence-corrected chi connectivity index (χ3v) is 12.4. The van der Waals surface area contributed by atoms with Crippen LogP contribution in [0.2, 0.25) is 0 Å². The third kappa shape index (κ3) is 8.96. The van der Waals surface area contributed by atoms with E-state index in [1.807, 2.05) is 18.2 Å². The van der Waals surface area contributed by atoms with Gasteiger partial charge in [0.2, 0.25) is 0 Å². The summed E-state index contributed by atoms with van der Waals surface area (Å²) in [5.74, 6) is -0.249. The Kier molecular flexibility index (Phi) is 14.3. The number of carbonyl (C=O) groups excluding carboxylic acids is 2. The quantitative estimate of drug-likeness (QED) is 0.0528. The summed E-state index contributed by atoms with van der Waals surface area (Å²) < 4.78 is 0. The van der Waals surface area contributed by atoms with Crippen LogP contribution in [0, 0.1) is 0 Å². The van der Waals surface area contributed by atoms with Crippen molar-refractivity contribution in [3.8, 4) is 0 Å². The molecule has 0 aromatic heterocycles. The number of imide groups is 1. The van der Waals surface area contributed by atoms with Gasteiger partial charge in [0, 0.05) is 26.8 Å². The minimum absolute atomic E-state index is 0.0953. The highest BCUT2D eigenvalue weighted by atomic mass is 32.2. The molecule has 4 nitrogen and oxygen atoms in total. The summed E-state index contributed by atoms with van der Waals surface area (Å²) in [6, 6.07) is 27.0. The Morgan fingerprint density at radius 1 is 0.500 bits per heavy atom. The van der Waals surface area contributed by atoms with Gasteiger partial charge >= 0.3 is 0 Å². The van der Waals surface area contributed by atoms with E-state index in [1.54, 1.807) is 16.7 Å². The smallest absolute Gasteiger partial charge is 0.263 e. The van der Waals surface area contributed by atoms with Crippen molar-refractivity contribution < 1.29 is 9.59 Å². The van der Waals surface area contributed by atoms with Gasteiger partial charge in [-0.3, -0.25) is 14.5 Å². The average molecular weight is 717 g/mol. The van der Waals surface area contributed by atoms with E-state index in [4.69, 9.17) is 0 Å². The van der Waals surface area contributed by atoms with Crippen LogP contribution < -0.4 is 4.90 Å². The maximum Gasteiger partial charge on any atom is 0.263 e. The van der Waals surface area contributed by atoms with Crippen LogP contribution in [0.25, 0.3) is 10.8 Å². The molecule has 0 N–H and O–H groups in total. The fraction of sp³-hybridized carbons (Fsp3) is 0.489. The molecule has 0 saturated heterocycles. The first-order chi connectivity index (χ1) is 25.6. The van der Waals surface area contributed by atoms with Crippen molar-refractivity contribution in [2.24, 2.45) is 0 Å². The summed E-state index contributed by atoms with van der Waals surface area (Å²) in [5.41, 5.74) is 4.31. The fourth-order valence-corrected chi connectivity index (χ4v) is 9.43. The van der Waals surface area contributed by atoms with Crippen LogP contribution in [-0.2, 0) is 0 Å². The van der Waals surface area contributed by atoms with Crippen molar-refractivity contribution >= 4 is 51.4 Å². The third-order valence-electron chi connectivity index (χ3n) is 11.2. The maximum absolute atomic E-state index is 15.1. The van der Waals surface area contributed by atoms with Gasteiger partial charge in [-0.2, -0.15) is 0 Å². The molecule has 4 aromatic rings. The molecule has 2 aliphatic rings. The summed E-state index contributed by atoms with van der Waals surface area (Å²) in [5, 5.41) is 1.74. The molecule has 2 amide bonds. The van der Waals surface area contributed by atoms with Crippen LogP contribution in [0.1, 0.15) is 163 Å². The van der Waals surface area contributed by atoms with Crippen LogP contribution in [0.4, 0.5) is 17.1 Å². The Hall–Kier alpha value is -3.57. The largest absolute Gasteiger partial charge is 0.307 e. The number of unbranched alkanes of at least 4 members (excludes halogenated alkanes) is 16. The summed E-state index contributed by atoms with van der Waals surface area (Å²) >= 11 is 1.77. The molecule has 0 aliphatic carbocycles. The second-order valence-corrected chi connectivity index (χ2v) is 16.2. The second-order valence-electron chi connectivity index (χ2n) is 15.1. The van der Waals surface area contributed by atoms with Crippen LogP contribution in [0.5, 0.6) is 0 Å². The van der Waals surface area contributed by atoms with Crippen molar-refractivity contribution in [3.05, 3.63) is 90.0 Å². The standard InChI is InChI=1S/C47H60N2O2S/c1-3-5-7-9-11-13-15-17-19-27-37(28-20-18-16-14-12-10-8-6-4-2)48-46(50)38-29-25-26-36-34-35-41(45(44(36)38)47(48)51)49-39-30-21-23-32-42(39)52-43-33-24-22-31-40(43)49/h21-26,29-35,37H,3-20,27-28H2,1-2H3. The van der Waals surface area contributed by atoms with Gasteiger partial charge in [-0.1, -0.05) is 184 Å². The second kappa shape index (κ2) is 19.5. The summed E-state index contributed by atoms with van der Waals surface area (Å²) in [4.78, 5) is 36.0. The lowest BCUT2D eigenvalue weighted by molar-refractivity contribution is 0.0517. The van der Waals surface area contributed by atoms with Crippen LogP contribution in [-0.4, -0.2) is 22.8 Å². The van der Waals surface area contributed by atoms with E-state index in [2.05, 4.69) is 79.4 Å². The molecular formula is C47H60N2O2S. The highest BCUT2D eigenvalue weighted by Gasteiger charge is 2.40. The van der Waals surface area contributed by atoms with Gasteiger partial charge in [0.25, 0.3) is 11.8 Å². The number of hydrogen-bond acceptors (Lipinski definition) is 4. The Morgan fingerprint density at radius 2 is 1.00 bits per heavy atom. The number of benzene rings is 4. The molecule has 0 radical (unpaired) electrons. The van der Waals surface area contributed by atoms with Crippen molar-refractivity contribution in [1.82, 2.24) is 4.90 Å². The average Bonchev–Trinajstić information content (AvgIpc) is 3.17. The van der Waals surface area contributed by atoms with E-state index < -0.39 is 0 Å². The highest BCUT2D eigenvalue weighted by Crippen LogP contribution is 2.53. The molecule has 0 unspecified atom stereocenters. The van der Waals surface area contributed by atoms with Crippen LogP contribution >= 0.6 is 11.8 Å². The molecule has 4 aromatic carbocycles. The van der Waals surface area contributed by atoms with E-state index in [1.165, 1.54) is 89.9 Å². The topological polar surface area (TPSA) is 40.6 Å². The van der Waals surface area contributed by atoms with Crippen LogP contribution in [0.3, 0.4) is 0 Å². The SMILES string of the molecule is CCCCCCCCCCCC(CCCCCCCCCCC)N1C(=O)c2cccc3ccc(N4c5ccccc5Sc5ccccc54)c(c23)C1=O. The summed E-state index contributed by atoms with van der Waals surface area (Å²) in [6.07, 6.45) is 24.5. The lowest BCUT2D eigenvalue weighted by atomic mass is 9.89. The molecule has 0 saturated carbocycles. The van der Waals surface area contributed by atoms with Crippen molar-refractivity contribution in [3.63, 3.8) is 0 Å². The molecule has 52 heavy (non-hydrogen) atoms. The Bertz CT molecular complexity index is 1720. The highest BCUT2D eigenvalue weighted by molar-refractivity contribution is 7.99. The predicted octanol–water partition coefficient (Wildman–Crippen LogP) is 14.6. The number of fused-ring (bicyclic) bond motifs is 2. The van der Waals surface area contributed by atoms with Crippen molar-refractivity contribution in [2.45, 2.75) is 158 Å². The van der Waals surface area contributed by atoms with Gasteiger partial charge in [0.15, 0.2) is 0 Å². The molecule has 0 spiro atoms. The van der Waals surface area contributed by atoms with Gasteiger partial charge in [-0.15, -0.1) is 0 Å². The molecule has 5 heteroatoms. The molecule has 2 heterocycles. The number of anilines is 3. The van der Waals surface area contributed by atoms with Crippen LogP contribution in [0.15, 0.2) is 88.7 Å². The number of rotatable bonds is 22. The monoisotopic (exact) mass is 716 g/mol. The molecule has 2 aliphatic heterocycles. The number of amides is 2. The minimum atomic E-state index is -0.130. The minimum Gasteiger partial charge on any atom is -0.307 e. The zero-order valence-corrected chi connectivity index (χ0v) is 32.7. The molecule has 276 valence electrons. The van der Waals surface area contributed by atoms with E-state index in [-0.39, 0.29) is 17.9 Å². The number of carbonyl (C=O) groups is 2. The van der Waals surface area contributed by atoms with Crippen molar-refractivity contribution in [1.29, 1.82) is 0 Å². The van der Waals surface area contributed by atoms with E-state index >= 15 is 4.79 Å². The molecular weight excluding hydrogens is 657 g/mol. The predicted molar refractivity (Wildman–Crippen MR) is 221 cm³/mol. The molecule has 0 fully saturated rings. The van der Waals surface area contributed by atoms with Crippen molar-refractivity contribution in [2.75, 3.05) is 4.90 Å². The first-order valence-electron chi connectivity index (χ1n) is 20.7. The fourth-order valence-electron chi connectivity index (χ4n) is 8.37. The Labute approximate surface area is 317 Å². The number of nitrogens with zero attached hydrogens (tertiary/aromatic N) is 2. The lowest BCUT2D eigenvalue weighted by Crippen LogP contribution is -2.47. The van der Waals surface area contributed by atoms with E-state index in [0.717, 1.165) is 76.2 Å². The van der Waals surface area contributed by atoms with E-state index in [9.17, 15) is 4.79 Å². The normalized spacial score (nSPS) is 13.7. The first kappa shape index (κ1) is 38.2. The number of hydrogen-bond donors (Lipinski definition) is 0. The zero-order chi connectivity index (χ0) is 36.1. The van der Waals surface area contributed by atoms with Gasteiger partial charge in [-0.25, -0.2) is 0 Å². The lowest BCUT2D eigenvalue weighted by Gasteiger charge is -2.38. The molecule has 0 bridgehead atoms. The van der Waals surface area contributed by atoms with Gasteiger partial charge in [0.05, 0.1) is 22.6 Å². The molecule has 6 rings (SSSR count). The van der Waals surface area contributed by atoms with E-state index in [0.29, 0.717) is 11.1 Å². The Balaban J connectivity index is 1.26. The first-order valence-corrected chi connectivity index (χ1v) is 21.5. The summed E-state index contributed by atoms with van der Waals surface area (Å²) in [7, 11) is 0. The van der Waals surface area contributed by atoms with Gasteiger partial charge < -0.3 is 4.90 Å². The maximum atomic E-state index is 15.1. The van der Waals surface area contributed by atoms with Gasteiger partial charge in [0.1, 0.15) is 0 Å². The van der Waals surface area contributed by atoms with Gasteiger partial charge in [-0.05, 0) is 54.6 Å². The number of para-hydroxylation sites is 2. The Morgan fingerprint density at radius 3 is 1.54 bits per heavy atom. The zero-order valence-electron chi connectivity index (χ0n) is 31.8. The molecule has 0 atom stereocenters. The summed E-state index contributed by atoms with van der Waals surface area (Å²) in [6.45, 7) is 4.54.